The molecule has 0 saturated carbocycles. The Hall–Kier alpha value is -1.27. The third-order valence-electron chi connectivity index (χ3n) is 3.95. The molecule has 29 heavy (non-hydrogen) atoms. The van der Waals surface area contributed by atoms with E-state index in [9.17, 15) is 8.42 Å². The highest BCUT2D eigenvalue weighted by Crippen LogP contribution is 2.26. The van der Waals surface area contributed by atoms with E-state index in [0.717, 1.165) is 6.54 Å². The number of halogens is 1. The molecule has 168 valence electrons. The van der Waals surface area contributed by atoms with Gasteiger partial charge in [0.25, 0.3) is 0 Å². The van der Waals surface area contributed by atoms with Crippen LogP contribution in [0.1, 0.15) is 27.2 Å². The largest absolute Gasteiger partial charge is 0.493 e. The lowest BCUT2D eigenvalue weighted by molar-refractivity contribution is 0.219. The molecule has 0 aliphatic carbocycles. The molecule has 1 atom stereocenters. The molecule has 0 bridgehead atoms. The summed E-state index contributed by atoms with van der Waals surface area (Å²) in [6.45, 7) is 8.57. The van der Waals surface area contributed by atoms with E-state index in [1.54, 1.807) is 7.11 Å². The van der Waals surface area contributed by atoms with Crippen LogP contribution >= 0.6 is 24.0 Å². The van der Waals surface area contributed by atoms with Gasteiger partial charge in [-0.1, -0.05) is 19.1 Å². The first-order valence-corrected chi connectivity index (χ1v) is 11.4. The van der Waals surface area contributed by atoms with Gasteiger partial charge in [-0.3, -0.25) is 0 Å². The molecule has 0 spiro atoms. The number of ether oxygens (including phenoxy) is 2. The van der Waals surface area contributed by atoms with Crippen molar-refractivity contribution >= 4 is 40.0 Å². The topological polar surface area (TPSA) is 92.3 Å². The molecule has 1 aromatic rings. The van der Waals surface area contributed by atoms with Gasteiger partial charge in [-0.05, 0) is 32.4 Å². The number of sulfonamides is 1. The number of benzene rings is 1. The number of hydrogen-bond acceptors (Lipinski definition) is 5. The maximum atomic E-state index is 11.6. The Morgan fingerprint density at radius 1 is 1.21 bits per heavy atom. The molecule has 0 amide bonds. The van der Waals surface area contributed by atoms with Crippen molar-refractivity contribution in [2.75, 3.05) is 46.1 Å². The van der Waals surface area contributed by atoms with Crippen LogP contribution in [0.25, 0.3) is 0 Å². The quantitative estimate of drug-likeness (QED) is 0.182. The number of para-hydroxylation sites is 2. The minimum absolute atomic E-state index is 0. The summed E-state index contributed by atoms with van der Waals surface area (Å²) in [5, 5.41) is 6.41. The minimum Gasteiger partial charge on any atom is -0.493 e. The van der Waals surface area contributed by atoms with E-state index in [0.29, 0.717) is 50.1 Å². The zero-order chi connectivity index (χ0) is 21.0. The van der Waals surface area contributed by atoms with Crippen molar-refractivity contribution < 1.29 is 17.9 Å². The summed E-state index contributed by atoms with van der Waals surface area (Å²) in [5.41, 5.74) is 0. The van der Waals surface area contributed by atoms with Crippen molar-refractivity contribution in [3.63, 3.8) is 0 Å². The molecule has 2 N–H and O–H groups in total. The van der Waals surface area contributed by atoms with Crippen molar-refractivity contribution in [1.29, 1.82) is 0 Å². The van der Waals surface area contributed by atoms with E-state index in [1.165, 1.54) is 10.6 Å². The van der Waals surface area contributed by atoms with Crippen LogP contribution < -0.4 is 20.1 Å². The summed E-state index contributed by atoms with van der Waals surface area (Å²) >= 11 is 0. The molecule has 1 rings (SSSR count). The molecule has 0 fully saturated rings. The van der Waals surface area contributed by atoms with Crippen molar-refractivity contribution in [3.8, 4) is 11.5 Å². The summed E-state index contributed by atoms with van der Waals surface area (Å²) < 4.78 is 35.9. The van der Waals surface area contributed by atoms with E-state index in [1.807, 2.05) is 45.0 Å². The van der Waals surface area contributed by atoms with Gasteiger partial charge in [0.1, 0.15) is 6.10 Å². The molecular formula is C19H35IN4O4S. The highest BCUT2D eigenvalue weighted by Gasteiger charge is 2.13. The van der Waals surface area contributed by atoms with Crippen molar-refractivity contribution in [2.45, 2.75) is 33.3 Å². The lowest BCUT2D eigenvalue weighted by Crippen LogP contribution is -2.40. The Morgan fingerprint density at radius 2 is 1.86 bits per heavy atom. The molecule has 1 aromatic carbocycles. The Bertz CT molecular complexity index is 716. The summed E-state index contributed by atoms with van der Waals surface area (Å²) in [6.07, 6.45) is 1.80. The third kappa shape index (κ3) is 10.9. The Morgan fingerprint density at radius 3 is 2.41 bits per heavy atom. The number of rotatable bonds is 12. The summed E-state index contributed by atoms with van der Waals surface area (Å²) in [5.74, 6) is 2.06. The van der Waals surface area contributed by atoms with Gasteiger partial charge >= 0.3 is 0 Å². The predicted molar refractivity (Wildman–Crippen MR) is 129 cm³/mol. The minimum atomic E-state index is -3.15. The number of nitrogens with zero attached hydrogens (tertiary/aromatic N) is 2. The fourth-order valence-electron chi connectivity index (χ4n) is 2.55. The summed E-state index contributed by atoms with van der Waals surface area (Å²) in [7, 11) is -1.54. The number of methoxy groups -OCH3 is 1. The Kier molecular flexibility index (Phi) is 14.0. The van der Waals surface area contributed by atoms with Crippen LogP contribution in [0.2, 0.25) is 0 Å². The molecule has 0 radical (unpaired) electrons. The standard InChI is InChI=1S/C19H34N4O4S.HI/c1-6-20-19(21-13-10-14-23(7-2)28(5,24)25)22-15-16(3)27-18-12-9-8-11-17(18)26-4;/h8-9,11-12,16H,6-7,10,13-15H2,1-5H3,(H2,20,21,22);1H. The highest BCUT2D eigenvalue weighted by atomic mass is 127. The maximum Gasteiger partial charge on any atom is 0.211 e. The summed E-state index contributed by atoms with van der Waals surface area (Å²) in [4.78, 5) is 4.55. The van der Waals surface area contributed by atoms with Crippen LogP contribution in [0.5, 0.6) is 11.5 Å². The number of nitrogens with one attached hydrogen (secondary N) is 2. The van der Waals surface area contributed by atoms with E-state index in [-0.39, 0.29) is 30.1 Å². The molecule has 0 heterocycles. The van der Waals surface area contributed by atoms with Crippen molar-refractivity contribution in [2.24, 2.45) is 4.99 Å². The van der Waals surface area contributed by atoms with Crippen LogP contribution in [0.15, 0.2) is 29.3 Å². The van der Waals surface area contributed by atoms with E-state index in [2.05, 4.69) is 15.6 Å². The SMILES string of the molecule is CCNC(=NCC(C)Oc1ccccc1OC)NCCCN(CC)S(C)(=O)=O.I. The molecule has 0 aliphatic heterocycles. The van der Waals surface area contributed by atoms with Crippen LogP contribution in [0.3, 0.4) is 0 Å². The van der Waals surface area contributed by atoms with Crippen LogP contribution in [-0.4, -0.2) is 70.9 Å². The number of guanidine groups is 1. The first-order chi connectivity index (χ1) is 13.3. The van der Waals surface area contributed by atoms with Gasteiger partial charge in [0.15, 0.2) is 17.5 Å². The Balaban J connectivity index is 0.00000784. The zero-order valence-corrected chi connectivity index (χ0v) is 21.1. The second-order valence-electron chi connectivity index (χ2n) is 6.33. The zero-order valence-electron chi connectivity index (χ0n) is 18.0. The lowest BCUT2D eigenvalue weighted by atomic mass is 10.3. The van der Waals surface area contributed by atoms with Crippen molar-refractivity contribution in [1.82, 2.24) is 14.9 Å². The van der Waals surface area contributed by atoms with Gasteiger partial charge in [0, 0.05) is 26.2 Å². The highest BCUT2D eigenvalue weighted by molar-refractivity contribution is 14.0. The molecule has 8 nitrogen and oxygen atoms in total. The van der Waals surface area contributed by atoms with Gasteiger partial charge in [0.2, 0.25) is 10.0 Å². The van der Waals surface area contributed by atoms with Gasteiger partial charge < -0.3 is 20.1 Å². The molecule has 0 saturated heterocycles. The predicted octanol–water partition coefficient (Wildman–Crippen LogP) is 2.31. The number of aliphatic imine (C=N–C) groups is 1. The normalized spacial score (nSPS) is 12.8. The Labute approximate surface area is 192 Å². The van der Waals surface area contributed by atoms with Crippen molar-refractivity contribution in [3.05, 3.63) is 24.3 Å². The lowest BCUT2D eigenvalue weighted by Gasteiger charge is -2.19. The van der Waals surface area contributed by atoms with Gasteiger partial charge in [0.05, 0.1) is 19.9 Å². The second kappa shape index (κ2) is 14.7. The van der Waals surface area contributed by atoms with Crippen LogP contribution in [0, 0.1) is 0 Å². The summed E-state index contributed by atoms with van der Waals surface area (Å²) in [6, 6.07) is 7.51. The first-order valence-electron chi connectivity index (χ1n) is 9.58. The smallest absolute Gasteiger partial charge is 0.211 e. The van der Waals surface area contributed by atoms with E-state index in [4.69, 9.17) is 9.47 Å². The monoisotopic (exact) mass is 542 g/mol. The van der Waals surface area contributed by atoms with Gasteiger partial charge in [-0.25, -0.2) is 17.7 Å². The number of hydrogen-bond donors (Lipinski definition) is 2. The molecular weight excluding hydrogens is 507 g/mol. The molecule has 10 heteroatoms. The van der Waals surface area contributed by atoms with E-state index >= 15 is 0 Å². The molecule has 0 aromatic heterocycles. The first kappa shape index (κ1) is 27.7. The van der Waals surface area contributed by atoms with Crippen LogP contribution in [-0.2, 0) is 10.0 Å². The fourth-order valence-corrected chi connectivity index (χ4v) is 3.48. The molecule has 0 aliphatic rings. The second-order valence-corrected chi connectivity index (χ2v) is 8.32. The molecule has 1 unspecified atom stereocenters. The van der Waals surface area contributed by atoms with Gasteiger partial charge in [-0.15, -0.1) is 24.0 Å². The van der Waals surface area contributed by atoms with Crippen LogP contribution in [0.4, 0.5) is 0 Å². The third-order valence-corrected chi connectivity index (χ3v) is 5.33. The maximum absolute atomic E-state index is 11.6. The average molecular weight is 542 g/mol. The van der Waals surface area contributed by atoms with E-state index < -0.39 is 10.0 Å². The van der Waals surface area contributed by atoms with Gasteiger partial charge in [-0.2, -0.15) is 0 Å². The average Bonchev–Trinajstić information content (AvgIpc) is 2.65. The fraction of sp³-hybridized carbons (Fsp3) is 0.632.